The summed E-state index contributed by atoms with van der Waals surface area (Å²) < 4.78 is 0. The Hall–Kier alpha value is -2.74. The Morgan fingerprint density at radius 1 is 0.516 bits per heavy atom. The van der Waals surface area contributed by atoms with Crippen LogP contribution in [0, 0.1) is 23.7 Å². The Morgan fingerprint density at radius 2 is 1.03 bits per heavy atom. The molecule has 1 heteroatoms. The second kappa shape index (κ2) is 12.8. The molecule has 0 aliphatic heterocycles. The van der Waals surface area contributed by atoms with Gasteiger partial charge in [-0.3, -0.25) is 0 Å². The summed E-state index contributed by atoms with van der Waals surface area (Å²) in [4.78, 5) is 2.11. The van der Waals surface area contributed by atoms with Gasteiger partial charge in [0, 0.05) is 11.1 Å². The van der Waals surface area contributed by atoms with E-state index in [1.807, 2.05) is 0 Å². The first-order valence-corrected chi connectivity index (χ1v) is 12.4. The first-order chi connectivity index (χ1) is 15.3. The van der Waals surface area contributed by atoms with E-state index in [9.17, 15) is 0 Å². The minimum absolute atomic E-state index is 1.06. The summed E-state index contributed by atoms with van der Waals surface area (Å²) >= 11 is 1.66. The van der Waals surface area contributed by atoms with Crippen LogP contribution < -0.4 is 0 Å². The maximum Gasteiger partial charge on any atom is 0.0785 e. The van der Waals surface area contributed by atoms with Gasteiger partial charge in [0.25, 0.3) is 0 Å². The van der Waals surface area contributed by atoms with Crippen molar-refractivity contribution in [1.29, 1.82) is 0 Å². The summed E-state index contributed by atoms with van der Waals surface area (Å²) in [5.41, 5.74) is 4.93. The molecule has 31 heavy (non-hydrogen) atoms. The highest BCUT2D eigenvalue weighted by molar-refractivity contribution is 7.13. The Bertz CT molecular complexity index is 1040. The highest BCUT2D eigenvalue weighted by Gasteiger charge is 1.97. The first-order valence-electron chi connectivity index (χ1n) is 11.6. The summed E-state index contributed by atoms with van der Waals surface area (Å²) in [5, 5.41) is 0. The van der Waals surface area contributed by atoms with Crippen LogP contribution in [0.4, 0.5) is 0 Å². The molecule has 0 aliphatic carbocycles. The number of thiophene rings is 1. The molecule has 1 heterocycles. The zero-order valence-electron chi connectivity index (χ0n) is 18.8. The number of hydrogen-bond donors (Lipinski definition) is 0. The van der Waals surface area contributed by atoms with E-state index in [0.29, 0.717) is 0 Å². The van der Waals surface area contributed by atoms with Crippen LogP contribution in [0.1, 0.15) is 84.4 Å². The summed E-state index contributed by atoms with van der Waals surface area (Å²) in [5.74, 6) is 13.1. The molecule has 0 bridgehead atoms. The van der Waals surface area contributed by atoms with Crippen molar-refractivity contribution in [1.82, 2.24) is 0 Å². The van der Waals surface area contributed by atoms with Crippen molar-refractivity contribution in [3.63, 3.8) is 0 Å². The molecule has 0 saturated carbocycles. The minimum Gasteiger partial charge on any atom is -0.118 e. The molecule has 0 nitrogen and oxygen atoms in total. The molecule has 0 spiro atoms. The average molecular weight is 425 g/mol. The average Bonchev–Trinajstić information content (AvgIpc) is 3.26. The monoisotopic (exact) mass is 424 g/mol. The lowest BCUT2D eigenvalue weighted by Crippen LogP contribution is -1.86. The topological polar surface area (TPSA) is 0 Å². The van der Waals surface area contributed by atoms with Crippen molar-refractivity contribution in [2.24, 2.45) is 0 Å². The molecule has 0 fully saturated rings. The third kappa shape index (κ3) is 8.13. The van der Waals surface area contributed by atoms with Crippen LogP contribution in [-0.2, 0) is 12.8 Å². The summed E-state index contributed by atoms with van der Waals surface area (Å²) in [7, 11) is 0. The number of benzene rings is 2. The zero-order chi connectivity index (χ0) is 21.7. The van der Waals surface area contributed by atoms with Crippen LogP contribution in [0.2, 0.25) is 0 Å². The van der Waals surface area contributed by atoms with Gasteiger partial charge in [-0.25, -0.2) is 0 Å². The number of aryl methyl sites for hydroxylation is 2. The van der Waals surface area contributed by atoms with Crippen LogP contribution in [0.25, 0.3) is 0 Å². The van der Waals surface area contributed by atoms with E-state index in [-0.39, 0.29) is 0 Å². The lowest BCUT2D eigenvalue weighted by molar-refractivity contribution is 0.632. The normalized spacial score (nSPS) is 10.1. The molecule has 3 aromatic rings. The van der Waals surface area contributed by atoms with E-state index >= 15 is 0 Å². The molecule has 0 radical (unpaired) electrons. The predicted molar refractivity (Wildman–Crippen MR) is 136 cm³/mol. The largest absolute Gasteiger partial charge is 0.118 e. The molecule has 0 aliphatic rings. The molecule has 0 saturated heterocycles. The van der Waals surface area contributed by atoms with Gasteiger partial charge in [-0.05, 0) is 66.8 Å². The van der Waals surface area contributed by atoms with Gasteiger partial charge in [-0.1, -0.05) is 93.9 Å². The molecule has 1 aromatic heterocycles. The molecule has 3 rings (SSSR count). The maximum absolute atomic E-state index is 3.29. The van der Waals surface area contributed by atoms with Crippen LogP contribution in [-0.4, -0.2) is 0 Å². The van der Waals surface area contributed by atoms with E-state index in [1.54, 1.807) is 11.3 Å². The molecule has 158 valence electrons. The fraction of sp³-hybridized carbons (Fsp3) is 0.333. The van der Waals surface area contributed by atoms with Gasteiger partial charge in [0.05, 0.1) is 9.75 Å². The Labute approximate surface area is 192 Å². The van der Waals surface area contributed by atoms with Gasteiger partial charge >= 0.3 is 0 Å². The highest BCUT2D eigenvalue weighted by atomic mass is 32.1. The van der Waals surface area contributed by atoms with Crippen LogP contribution in [0.15, 0.2) is 60.7 Å². The van der Waals surface area contributed by atoms with E-state index in [1.165, 1.54) is 56.1 Å². The smallest absolute Gasteiger partial charge is 0.0785 e. The van der Waals surface area contributed by atoms with Gasteiger partial charge in [0.2, 0.25) is 0 Å². The lowest BCUT2D eigenvalue weighted by atomic mass is 10.0. The molecule has 0 N–H and O–H groups in total. The van der Waals surface area contributed by atoms with E-state index < -0.39 is 0 Å². The van der Waals surface area contributed by atoms with Crippen molar-refractivity contribution in [3.8, 4) is 23.7 Å². The van der Waals surface area contributed by atoms with Crippen LogP contribution >= 0.6 is 11.3 Å². The summed E-state index contributed by atoms with van der Waals surface area (Å²) in [6.45, 7) is 4.47. The number of hydrogen-bond acceptors (Lipinski definition) is 1. The maximum atomic E-state index is 3.29. The molecule has 2 aromatic carbocycles. The first kappa shape index (κ1) is 22.9. The van der Waals surface area contributed by atoms with Gasteiger partial charge in [-0.15, -0.1) is 11.3 Å². The quantitative estimate of drug-likeness (QED) is 0.254. The van der Waals surface area contributed by atoms with E-state index in [2.05, 4.69) is 98.2 Å². The van der Waals surface area contributed by atoms with Crippen molar-refractivity contribution >= 4 is 11.3 Å². The van der Waals surface area contributed by atoms with Crippen molar-refractivity contribution in [2.75, 3.05) is 0 Å². The van der Waals surface area contributed by atoms with Gasteiger partial charge < -0.3 is 0 Å². The third-order valence-corrected chi connectivity index (χ3v) is 6.20. The summed E-state index contributed by atoms with van der Waals surface area (Å²) in [6, 6.07) is 21.4. The lowest BCUT2D eigenvalue weighted by Gasteiger charge is -2.01. The number of unbranched alkanes of at least 4 members (excludes halogenated alkanes) is 4. The standard InChI is InChI=1S/C30H32S/c1-3-5-6-7-8-10-26-13-17-28(18-14-26)20-22-30-24-23-29(31-30)21-19-27-15-11-25(9-4-2)12-16-27/h11-18,23-24H,3-10H2,1-2H3. The van der Waals surface area contributed by atoms with Gasteiger partial charge in [0.15, 0.2) is 0 Å². The predicted octanol–water partition coefficient (Wildman–Crippen LogP) is 8.01. The Kier molecular flexibility index (Phi) is 9.50. The second-order valence-electron chi connectivity index (χ2n) is 7.97. The fourth-order valence-corrected chi connectivity index (χ4v) is 4.18. The highest BCUT2D eigenvalue weighted by Crippen LogP contribution is 2.15. The molecular formula is C30H32S. The van der Waals surface area contributed by atoms with Crippen molar-refractivity contribution in [2.45, 2.75) is 65.2 Å². The van der Waals surface area contributed by atoms with Crippen molar-refractivity contribution in [3.05, 3.63) is 92.7 Å². The molecule has 0 amide bonds. The van der Waals surface area contributed by atoms with Gasteiger partial charge in [-0.2, -0.15) is 0 Å². The SMILES string of the molecule is CCCCCCCc1ccc(C#Cc2ccc(C#Cc3ccc(CCC)cc3)s2)cc1. The fourth-order valence-electron chi connectivity index (χ4n) is 3.47. The van der Waals surface area contributed by atoms with E-state index in [0.717, 1.165) is 27.3 Å². The Morgan fingerprint density at radius 3 is 1.55 bits per heavy atom. The Balaban J connectivity index is 1.53. The molecular weight excluding hydrogens is 392 g/mol. The van der Waals surface area contributed by atoms with Crippen LogP contribution in [0.3, 0.4) is 0 Å². The van der Waals surface area contributed by atoms with Crippen LogP contribution in [0.5, 0.6) is 0 Å². The van der Waals surface area contributed by atoms with Crippen molar-refractivity contribution < 1.29 is 0 Å². The number of rotatable bonds is 8. The molecule has 0 atom stereocenters. The third-order valence-electron chi connectivity index (χ3n) is 5.28. The summed E-state index contributed by atoms with van der Waals surface area (Å²) in [6.07, 6.45) is 10.1. The molecule has 0 unspecified atom stereocenters. The minimum atomic E-state index is 1.06. The van der Waals surface area contributed by atoms with E-state index in [4.69, 9.17) is 0 Å². The second-order valence-corrected chi connectivity index (χ2v) is 9.06. The van der Waals surface area contributed by atoms with Gasteiger partial charge in [0.1, 0.15) is 0 Å². The zero-order valence-corrected chi connectivity index (χ0v) is 19.7.